The smallest absolute Gasteiger partial charge is 0.243 e. The summed E-state index contributed by atoms with van der Waals surface area (Å²) in [5.41, 5.74) is 0.434. The van der Waals surface area contributed by atoms with Gasteiger partial charge in [-0.1, -0.05) is 13.0 Å². The maximum absolute atomic E-state index is 12.9. The van der Waals surface area contributed by atoms with E-state index in [0.29, 0.717) is 11.6 Å². The van der Waals surface area contributed by atoms with Crippen LogP contribution in [0.2, 0.25) is 0 Å². The van der Waals surface area contributed by atoms with E-state index in [1.54, 1.807) is 19.2 Å². The van der Waals surface area contributed by atoms with Gasteiger partial charge in [0.1, 0.15) is 5.82 Å². The number of carbonyl (C=O) groups is 1. The maximum atomic E-state index is 12.9. The van der Waals surface area contributed by atoms with Crippen LogP contribution in [0.25, 0.3) is 0 Å². The Morgan fingerprint density at radius 2 is 2.16 bits per heavy atom. The van der Waals surface area contributed by atoms with Crippen LogP contribution in [0.5, 0.6) is 0 Å². The molecule has 0 unspecified atom stereocenters. The van der Waals surface area contributed by atoms with Gasteiger partial charge in [-0.05, 0) is 24.6 Å². The number of halogens is 1. The van der Waals surface area contributed by atoms with E-state index in [4.69, 9.17) is 0 Å². The Bertz CT molecular complexity index is 448. The Kier molecular flexibility index (Phi) is 6.35. The largest absolute Gasteiger partial charge is 0.356 e. The van der Waals surface area contributed by atoms with Crippen molar-refractivity contribution in [2.45, 2.75) is 13.3 Å². The van der Waals surface area contributed by atoms with E-state index < -0.39 is 0 Å². The van der Waals surface area contributed by atoms with Gasteiger partial charge in [-0.2, -0.15) is 0 Å². The molecule has 0 aromatic heterocycles. The lowest BCUT2D eigenvalue weighted by Gasteiger charge is -2.11. The van der Waals surface area contributed by atoms with Crippen molar-refractivity contribution in [1.29, 1.82) is 0 Å². The number of benzene rings is 1. The summed E-state index contributed by atoms with van der Waals surface area (Å²) >= 11 is 0. The number of amides is 1. The Balaban J connectivity index is 2.39. The van der Waals surface area contributed by atoms with Crippen molar-refractivity contribution in [2.75, 3.05) is 25.5 Å². The van der Waals surface area contributed by atoms with Crippen molar-refractivity contribution < 1.29 is 9.18 Å². The lowest BCUT2D eigenvalue weighted by molar-refractivity contribution is -0.115. The van der Waals surface area contributed by atoms with E-state index in [1.165, 1.54) is 12.1 Å². The molecule has 6 heteroatoms. The Hall–Kier alpha value is -2.11. The van der Waals surface area contributed by atoms with Crippen LogP contribution in [0.1, 0.15) is 13.3 Å². The third-order valence-corrected chi connectivity index (χ3v) is 2.29. The van der Waals surface area contributed by atoms with Crippen molar-refractivity contribution in [3.05, 3.63) is 30.1 Å². The highest BCUT2D eigenvalue weighted by molar-refractivity contribution is 5.94. The van der Waals surface area contributed by atoms with Gasteiger partial charge >= 0.3 is 0 Å². The number of anilines is 1. The van der Waals surface area contributed by atoms with Gasteiger partial charge in [-0.15, -0.1) is 0 Å². The lowest BCUT2D eigenvalue weighted by atomic mass is 10.3. The molecule has 0 aliphatic carbocycles. The predicted molar refractivity (Wildman–Crippen MR) is 74.7 cm³/mol. The summed E-state index contributed by atoms with van der Waals surface area (Å²) in [6, 6.07) is 5.76. The normalized spacial score (nSPS) is 11.0. The van der Waals surface area contributed by atoms with Crippen LogP contribution in [-0.2, 0) is 4.79 Å². The molecule has 0 heterocycles. The third-order valence-electron chi connectivity index (χ3n) is 2.29. The van der Waals surface area contributed by atoms with Crippen LogP contribution in [0.4, 0.5) is 10.1 Å². The van der Waals surface area contributed by atoms with Crippen molar-refractivity contribution in [1.82, 2.24) is 10.6 Å². The molecular formula is C13H19FN4O. The first-order valence-corrected chi connectivity index (χ1v) is 6.15. The zero-order valence-electron chi connectivity index (χ0n) is 11.2. The van der Waals surface area contributed by atoms with Gasteiger partial charge in [0.15, 0.2) is 5.96 Å². The average molecular weight is 266 g/mol. The summed E-state index contributed by atoms with van der Waals surface area (Å²) in [6.45, 7) is 2.89. The van der Waals surface area contributed by atoms with Gasteiger partial charge in [0.05, 0.1) is 6.54 Å². The SMILES string of the molecule is CCCNC(=NC)NCC(=O)Nc1cccc(F)c1. The molecule has 1 aromatic rings. The van der Waals surface area contributed by atoms with E-state index >= 15 is 0 Å². The fourth-order valence-electron chi connectivity index (χ4n) is 1.40. The van der Waals surface area contributed by atoms with E-state index in [2.05, 4.69) is 20.9 Å². The number of carbonyl (C=O) groups excluding carboxylic acids is 1. The number of guanidine groups is 1. The summed E-state index contributed by atoms with van der Waals surface area (Å²) < 4.78 is 12.9. The molecule has 0 aliphatic heterocycles. The molecule has 5 nitrogen and oxygen atoms in total. The standard InChI is InChI=1S/C13H19FN4O/c1-3-7-16-13(15-2)17-9-12(19)18-11-6-4-5-10(14)8-11/h4-6,8H,3,7,9H2,1-2H3,(H,18,19)(H2,15,16,17). The first-order valence-electron chi connectivity index (χ1n) is 6.15. The quantitative estimate of drug-likeness (QED) is 0.556. The number of hydrogen-bond acceptors (Lipinski definition) is 2. The van der Waals surface area contributed by atoms with E-state index in [9.17, 15) is 9.18 Å². The minimum Gasteiger partial charge on any atom is -0.356 e. The van der Waals surface area contributed by atoms with E-state index in [1.807, 2.05) is 6.92 Å². The summed E-state index contributed by atoms with van der Waals surface area (Å²) in [5.74, 6) is -0.0764. The van der Waals surface area contributed by atoms with Gasteiger partial charge in [0.2, 0.25) is 5.91 Å². The van der Waals surface area contributed by atoms with Crippen LogP contribution in [0.15, 0.2) is 29.3 Å². The molecule has 19 heavy (non-hydrogen) atoms. The fourth-order valence-corrected chi connectivity index (χ4v) is 1.40. The molecule has 0 aliphatic rings. The summed E-state index contributed by atoms with van der Waals surface area (Å²) in [6.07, 6.45) is 0.968. The van der Waals surface area contributed by atoms with Gasteiger partial charge in [-0.25, -0.2) is 4.39 Å². The maximum Gasteiger partial charge on any atom is 0.243 e. The second kappa shape index (κ2) is 8.07. The van der Waals surface area contributed by atoms with Gasteiger partial charge < -0.3 is 16.0 Å². The highest BCUT2D eigenvalue weighted by Gasteiger charge is 2.04. The molecule has 3 N–H and O–H groups in total. The van der Waals surface area contributed by atoms with Gasteiger partial charge in [0.25, 0.3) is 0 Å². The molecular weight excluding hydrogens is 247 g/mol. The van der Waals surface area contributed by atoms with Crippen molar-refractivity contribution in [3.63, 3.8) is 0 Å². The van der Waals surface area contributed by atoms with Crippen molar-refractivity contribution >= 4 is 17.6 Å². The molecule has 1 amide bonds. The van der Waals surface area contributed by atoms with Crippen molar-refractivity contribution in [3.8, 4) is 0 Å². The second-order valence-corrected chi connectivity index (χ2v) is 3.91. The third kappa shape index (κ3) is 5.85. The Morgan fingerprint density at radius 1 is 1.37 bits per heavy atom. The van der Waals surface area contributed by atoms with Crippen LogP contribution in [0, 0.1) is 5.82 Å². The molecule has 104 valence electrons. The summed E-state index contributed by atoms with van der Waals surface area (Å²) in [7, 11) is 1.63. The number of nitrogens with one attached hydrogen (secondary N) is 3. The van der Waals surface area contributed by atoms with E-state index in [-0.39, 0.29) is 18.3 Å². The number of hydrogen-bond donors (Lipinski definition) is 3. The van der Waals surface area contributed by atoms with Crippen LogP contribution in [-0.4, -0.2) is 32.0 Å². The molecule has 0 fully saturated rings. The highest BCUT2D eigenvalue weighted by atomic mass is 19.1. The molecule has 1 aromatic carbocycles. The topological polar surface area (TPSA) is 65.5 Å². The fraction of sp³-hybridized carbons (Fsp3) is 0.385. The van der Waals surface area contributed by atoms with E-state index in [0.717, 1.165) is 13.0 Å². The number of nitrogens with zero attached hydrogens (tertiary/aromatic N) is 1. The van der Waals surface area contributed by atoms with Crippen LogP contribution < -0.4 is 16.0 Å². The van der Waals surface area contributed by atoms with Gasteiger partial charge in [-0.3, -0.25) is 9.79 Å². The minimum atomic E-state index is -0.383. The Labute approximate surface area is 112 Å². The van der Waals surface area contributed by atoms with Crippen molar-refractivity contribution in [2.24, 2.45) is 4.99 Å². The van der Waals surface area contributed by atoms with Crippen LogP contribution >= 0.6 is 0 Å². The minimum absolute atomic E-state index is 0.0693. The molecule has 0 radical (unpaired) electrons. The molecule has 1 rings (SSSR count). The number of aliphatic imine (C=N–C) groups is 1. The zero-order chi connectivity index (χ0) is 14.1. The average Bonchev–Trinajstić information content (AvgIpc) is 2.39. The molecule has 0 bridgehead atoms. The monoisotopic (exact) mass is 266 g/mol. The first-order chi connectivity index (χ1) is 9.15. The second-order valence-electron chi connectivity index (χ2n) is 3.91. The zero-order valence-corrected chi connectivity index (χ0v) is 11.2. The molecule has 0 saturated heterocycles. The number of rotatable bonds is 5. The molecule has 0 saturated carbocycles. The first kappa shape index (κ1) is 14.9. The van der Waals surface area contributed by atoms with Gasteiger partial charge in [0, 0.05) is 19.3 Å². The highest BCUT2D eigenvalue weighted by Crippen LogP contribution is 2.08. The lowest BCUT2D eigenvalue weighted by Crippen LogP contribution is -2.41. The summed E-state index contributed by atoms with van der Waals surface area (Å²) in [5, 5.41) is 8.51. The Morgan fingerprint density at radius 3 is 2.79 bits per heavy atom. The molecule has 0 spiro atoms. The predicted octanol–water partition coefficient (Wildman–Crippen LogP) is 1.34. The van der Waals surface area contributed by atoms with Crippen LogP contribution in [0.3, 0.4) is 0 Å². The summed E-state index contributed by atoms with van der Waals surface area (Å²) in [4.78, 5) is 15.6. The molecule has 0 atom stereocenters.